The number of carbonyl (C=O) groups is 1. The zero-order valence-corrected chi connectivity index (χ0v) is 16.2. The monoisotopic (exact) mass is 402 g/mol. The summed E-state index contributed by atoms with van der Waals surface area (Å²) in [5, 5.41) is 3.05. The Hall–Kier alpha value is -3.94. The topological polar surface area (TPSA) is 98.6 Å². The molecule has 0 saturated heterocycles. The van der Waals surface area contributed by atoms with Gasteiger partial charge in [-0.25, -0.2) is 9.50 Å². The number of Topliss-reactive ketones (excluding diaryl/α,β-unsaturated/α-hetero) is 1. The average Bonchev–Trinajstić information content (AvgIpc) is 3.38. The van der Waals surface area contributed by atoms with Crippen LogP contribution in [-0.4, -0.2) is 32.2 Å². The van der Waals surface area contributed by atoms with Gasteiger partial charge in [-0.3, -0.25) is 19.7 Å². The molecule has 0 unspecified atom stereocenters. The molecule has 0 fully saturated rings. The van der Waals surface area contributed by atoms with Crippen LogP contribution in [0.1, 0.15) is 19.0 Å². The van der Waals surface area contributed by atoms with E-state index in [4.69, 9.17) is 14.5 Å². The number of carbonyl (C=O) groups excluding carboxylic acids is 1. The van der Waals surface area contributed by atoms with Gasteiger partial charge in [-0.1, -0.05) is 13.0 Å². The molecule has 4 aromatic rings. The zero-order valence-electron chi connectivity index (χ0n) is 16.2. The number of benzene rings is 1. The summed E-state index contributed by atoms with van der Waals surface area (Å²) in [5.74, 6) is 1.33. The summed E-state index contributed by atoms with van der Waals surface area (Å²) >= 11 is 0. The number of nitrogens with zero attached hydrogens (tertiary/aromatic N) is 3. The lowest BCUT2D eigenvalue weighted by molar-refractivity contribution is -0.118. The Morgan fingerprint density at radius 2 is 2.00 bits per heavy atom. The van der Waals surface area contributed by atoms with Gasteiger partial charge in [0.15, 0.2) is 17.1 Å². The number of hydrogen-bond donors (Lipinski definition) is 1. The van der Waals surface area contributed by atoms with Gasteiger partial charge in [-0.15, -0.1) is 0 Å². The van der Waals surface area contributed by atoms with Crippen molar-refractivity contribution in [2.24, 2.45) is 0 Å². The van der Waals surface area contributed by atoms with E-state index in [0.717, 1.165) is 5.56 Å². The summed E-state index contributed by atoms with van der Waals surface area (Å²) in [6.07, 6.45) is 2.25. The zero-order chi connectivity index (χ0) is 20.7. The Morgan fingerprint density at radius 3 is 2.80 bits per heavy atom. The van der Waals surface area contributed by atoms with Gasteiger partial charge in [0.2, 0.25) is 6.79 Å². The molecule has 0 radical (unpaired) electrons. The van der Waals surface area contributed by atoms with Crippen molar-refractivity contribution in [1.82, 2.24) is 19.6 Å². The second-order valence-corrected chi connectivity index (χ2v) is 6.96. The van der Waals surface area contributed by atoms with Gasteiger partial charge in [0.05, 0.1) is 22.6 Å². The van der Waals surface area contributed by atoms with Gasteiger partial charge >= 0.3 is 0 Å². The Morgan fingerprint density at radius 1 is 1.13 bits per heavy atom. The van der Waals surface area contributed by atoms with E-state index in [1.807, 2.05) is 31.2 Å². The highest BCUT2D eigenvalue weighted by molar-refractivity contribution is 5.86. The first-order valence-electron chi connectivity index (χ1n) is 9.62. The van der Waals surface area contributed by atoms with Crippen molar-refractivity contribution in [3.63, 3.8) is 0 Å². The average molecular weight is 402 g/mol. The third-order valence-corrected chi connectivity index (χ3v) is 5.05. The number of aromatic nitrogens is 4. The van der Waals surface area contributed by atoms with Crippen molar-refractivity contribution >= 4 is 11.4 Å². The molecule has 30 heavy (non-hydrogen) atoms. The van der Waals surface area contributed by atoms with E-state index in [9.17, 15) is 9.59 Å². The van der Waals surface area contributed by atoms with E-state index in [1.54, 1.807) is 18.3 Å². The predicted octanol–water partition coefficient (Wildman–Crippen LogP) is 3.00. The lowest BCUT2D eigenvalue weighted by Crippen LogP contribution is -2.14. The number of ether oxygens (including phenoxy) is 2. The summed E-state index contributed by atoms with van der Waals surface area (Å²) in [5.41, 5.74) is 3.30. The number of hydrogen-bond acceptors (Lipinski definition) is 6. The van der Waals surface area contributed by atoms with E-state index in [2.05, 4.69) is 10.1 Å². The van der Waals surface area contributed by atoms with Gasteiger partial charge in [0, 0.05) is 30.7 Å². The molecule has 1 aliphatic heterocycles. The number of rotatable bonds is 5. The van der Waals surface area contributed by atoms with Crippen molar-refractivity contribution in [2.75, 3.05) is 6.79 Å². The molecule has 3 aromatic heterocycles. The Kier molecular flexibility index (Phi) is 4.31. The summed E-state index contributed by atoms with van der Waals surface area (Å²) in [6, 6.07) is 12.4. The normalized spacial score (nSPS) is 12.4. The molecule has 0 bridgehead atoms. The SMILES string of the molecule is CCC(=O)Cc1[nH]n2c(=O)cc(-c3ccc4c(c3)OCO4)nc2c1-c1ccccn1. The van der Waals surface area contributed by atoms with Gasteiger partial charge in [-0.05, 0) is 30.3 Å². The van der Waals surface area contributed by atoms with Gasteiger partial charge in [-0.2, -0.15) is 0 Å². The van der Waals surface area contributed by atoms with Crippen LogP contribution in [0.3, 0.4) is 0 Å². The molecule has 8 nitrogen and oxygen atoms in total. The van der Waals surface area contributed by atoms with Crippen LogP contribution in [0.5, 0.6) is 11.5 Å². The second-order valence-electron chi connectivity index (χ2n) is 6.96. The first-order valence-corrected chi connectivity index (χ1v) is 9.62. The smallest absolute Gasteiger partial charge is 0.273 e. The molecule has 1 N–H and O–H groups in total. The minimum Gasteiger partial charge on any atom is -0.454 e. The molecule has 0 spiro atoms. The molecular formula is C22H18N4O4. The maximum atomic E-state index is 12.9. The Balaban J connectivity index is 1.73. The summed E-state index contributed by atoms with van der Waals surface area (Å²) in [6.45, 7) is 1.98. The number of H-pyrrole nitrogens is 1. The van der Waals surface area contributed by atoms with Crippen molar-refractivity contribution in [2.45, 2.75) is 19.8 Å². The van der Waals surface area contributed by atoms with E-state index >= 15 is 0 Å². The second kappa shape index (κ2) is 7.14. The van der Waals surface area contributed by atoms with Crippen molar-refractivity contribution in [3.8, 4) is 34.0 Å². The van der Waals surface area contributed by atoms with Gasteiger partial charge in [0.1, 0.15) is 5.78 Å². The molecule has 0 amide bonds. The third-order valence-electron chi connectivity index (χ3n) is 5.05. The minimum atomic E-state index is -0.278. The maximum Gasteiger partial charge on any atom is 0.273 e. The first kappa shape index (κ1) is 18.1. The van der Waals surface area contributed by atoms with E-state index in [-0.39, 0.29) is 24.6 Å². The van der Waals surface area contributed by atoms with Crippen LogP contribution in [0.15, 0.2) is 53.5 Å². The van der Waals surface area contributed by atoms with Crippen LogP contribution in [0, 0.1) is 0 Å². The van der Waals surface area contributed by atoms with E-state index in [0.29, 0.717) is 46.2 Å². The predicted molar refractivity (Wildman–Crippen MR) is 110 cm³/mol. The standard InChI is InChI=1S/C22H18N4O4/c1-2-14(27)10-17-21(15-5-3-4-8-23-15)22-24-16(11-20(28)26(22)25-17)13-6-7-18-19(9-13)30-12-29-18/h3-9,11,25H,2,10,12H2,1H3. The fourth-order valence-corrected chi connectivity index (χ4v) is 3.52. The Labute approximate surface area is 171 Å². The molecule has 0 atom stereocenters. The minimum absolute atomic E-state index is 0.0581. The molecule has 1 aromatic carbocycles. The Bertz CT molecular complexity index is 1320. The maximum absolute atomic E-state index is 12.9. The quantitative estimate of drug-likeness (QED) is 0.551. The largest absolute Gasteiger partial charge is 0.454 e. The van der Waals surface area contributed by atoms with Gasteiger partial charge < -0.3 is 9.47 Å². The third kappa shape index (κ3) is 3.02. The number of nitrogens with one attached hydrogen (secondary N) is 1. The molecule has 0 saturated carbocycles. The van der Waals surface area contributed by atoms with Crippen LogP contribution in [-0.2, 0) is 11.2 Å². The van der Waals surface area contributed by atoms with E-state index < -0.39 is 0 Å². The molecule has 5 rings (SSSR count). The van der Waals surface area contributed by atoms with Crippen LogP contribution in [0.2, 0.25) is 0 Å². The number of ketones is 1. The lowest BCUT2D eigenvalue weighted by Gasteiger charge is -2.05. The molecule has 1 aliphatic rings. The number of pyridine rings is 1. The fraction of sp³-hybridized carbons (Fsp3) is 0.182. The highest BCUT2D eigenvalue weighted by Gasteiger charge is 2.21. The summed E-state index contributed by atoms with van der Waals surface area (Å²) in [4.78, 5) is 34.2. The van der Waals surface area contributed by atoms with Crippen LogP contribution in [0.25, 0.3) is 28.2 Å². The van der Waals surface area contributed by atoms with Gasteiger partial charge in [0.25, 0.3) is 5.56 Å². The van der Waals surface area contributed by atoms with Crippen molar-refractivity contribution < 1.29 is 14.3 Å². The molecule has 150 valence electrons. The molecule has 8 heteroatoms. The fourth-order valence-electron chi connectivity index (χ4n) is 3.52. The molecular weight excluding hydrogens is 384 g/mol. The number of fused-ring (bicyclic) bond motifs is 2. The first-order chi connectivity index (χ1) is 14.6. The molecule has 4 heterocycles. The number of aromatic amines is 1. The highest BCUT2D eigenvalue weighted by atomic mass is 16.7. The highest BCUT2D eigenvalue weighted by Crippen LogP contribution is 2.35. The van der Waals surface area contributed by atoms with E-state index in [1.165, 1.54) is 10.6 Å². The van der Waals surface area contributed by atoms with Crippen LogP contribution in [0.4, 0.5) is 0 Å². The summed E-state index contributed by atoms with van der Waals surface area (Å²) in [7, 11) is 0. The molecule has 0 aliphatic carbocycles. The van der Waals surface area contributed by atoms with Crippen molar-refractivity contribution in [1.29, 1.82) is 0 Å². The van der Waals surface area contributed by atoms with Crippen molar-refractivity contribution in [3.05, 3.63) is 64.7 Å². The van der Waals surface area contributed by atoms with Crippen LogP contribution < -0.4 is 15.0 Å². The van der Waals surface area contributed by atoms with Crippen LogP contribution >= 0.6 is 0 Å². The summed E-state index contributed by atoms with van der Waals surface area (Å²) < 4.78 is 12.2. The lowest BCUT2D eigenvalue weighted by atomic mass is 10.1.